The second-order valence-corrected chi connectivity index (χ2v) is 4.27. The number of methoxy groups -OCH3 is 1. The minimum atomic E-state index is 0.377. The number of nitrogens with two attached hydrogens (primary N) is 1. The highest BCUT2D eigenvalue weighted by molar-refractivity contribution is 5.44. The van der Waals surface area contributed by atoms with Crippen molar-refractivity contribution in [3.05, 3.63) is 23.8 Å². The summed E-state index contributed by atoms with van der Waals surface area (Å²) in [6, 6.07) is 6.55. The van der Waals surface area contributed by atoms with Crippen LogP contribution in [0.1, 0.15) is 31.2 Å². The average Bonchev–Trinajstić information content (AvgIpc) is 2.25. The molecule has 1 saturated carbocycles. The van der Waals surface area contributed by atoms with Gasteiger partial charge in [0, 0.05) is 6.04 Å². The highest BCUT2D eigenvalue weighted by atomic mass is 16.5. The Morgan fingerprint density at radius 2 is 2.06 bits per heavy atom. The Kier molecular flexibility index (Phi) is 3.34. The second kappa shape index (κ2) is 4.74. The van der Waals surface area contributed by atoms with Crippen LogP contribution in [0.3, 0.4) is 0 Å². The fourth-order valence-electron chi connectivity index (χ4n) is 2.15. The molecule has 0 radical (unpaired) electrons. The van der Waals surface area contributed by atoms with Gasteiger partial charge in [0.2, 0.25) is 0 Å². The van der Waals surface area contributed by atoms with Crippen molar-refractivity contribution in [2.24, 2.45) is 5.73 Å². The first-order chi connectivity index (χ1) is 7.74. The Morgan fingerprint density at radius 1 is 1.31 bits per heavy atom. The molecule has 0 amide bonds. The van der Waals surface area contributed by atoms with Gasteiger partial charge in [-0.3, -0.25) is 0 Å². The molecule has 0 aromatic heterocycles. The van der Waals surface area contributed by atoms with Crippen molar-refractivity contribution in [1.82, 2.24) is 0 Å². The van der Waals surface area contributed by atoms with Crippen molar-refractivity contribution in [3.8, 4) is 11.5 Å². The highest BCUT2D eigenvalue weighted by Crippen LogP contribution is 2.39. The van der Waals surface area contributed by atoms with Crippen molar-refractivity contribution in [3.63, 3.8) is 0 Å². The van der Waals surface area contributed by atoms with E-state index < -0.39 is 0 Å². The molecule has 0 heterocycles. The number of ether oxygens (including phenoxy) is 2. The first-order valence-electron chi connectivity index (χ1n) is 5.81. The van der Waals surface area contributed by atoms with Gasteiger partial charge in [0.1, 0.15) is 0 Å². The molecular weight excluding hydrogens is 202 g/mol. The van der Waals surface area contributed by atoms with Gasteiger partial charge in [-0.15, -0.1) is 0 Å². The van der Waals surface area contributed by atoms with E-state index >= 15 is 0 Å². The lowest BCUT2D eigenvalue weighted by Gasteiger charge is -2.33. The fraction of sp³-hybridized carbons (Fsp3) is 0.538. The Hall–Kier alpha value is -1.22. The molecule has 1 aliphatic rings. The van der Waals surface area contributed by atoms with Gasteiger partial charge in [-0.2, -0.15) is 0 Å². The molecule has 3 nitrogen and oxygen atoms in total. The maximum atomic E-state index is 5.80. The van der Waals surface area contributed by atoms with Crippen LogP contribution < -0.4 is 15.2 Å². The van der Waals surface area contributed by atoms with Crippen LogP contribution in [0.25, 0.3) is 0 Å². The van der Waals surface area contributed by atoms with Gasteiger partial charge in [-0.05, 0) is 43.4 Å². The maximum absolute atomic E-state index is 5.80. The van der Waals surface area contributed by atoms with Crippen LogP contribution in [0, 0.1) is 0 Å². The number of benzene rings is 1. The van der Waals surface area contributed by atoms with Crippen LogP contribution in [0.15, 0.2) is 18.2 Å². The zero-order valence-corrected chi connectivity index (χ0v) is 9.90. The monoisotopic (exact) mass is 221 g/mol. The average molecular weight is 221 g/mol. The third-order valence-corrected chi connectivity index (χ3v) is 3.13. The molecule has 0 bridgehead atoms. The van der Waals surface area contributed by atoms with E-state index in [4.69, 9.17) is 15.2 Å². The highest BCUT2D eigenvalue weighted by Gasteiger charge is 2.27. The van der Waals surface area contributed by atoms with Gasteiger partial charge in [-0.25, -0.2) is 0 Å². The van der Waals surface area contributed by atoms with E-state index in [0.29, 0.717) is 18.6 Å². The third kappa shape index (κ3) is 2.14. The third-order valence-electron chi connectivity index (χ3n) is 3.13. The van der Waals surface area contributed by atoms with Gasteiger partial charge < -0.3 is 15.2 Å². The Labute approximate surface area is 96.5 Å². The summed E-state index contributed by atoms with van der Waals surface area (Å²) in [6.45, 7) is 2.63. The van der Waals surface area contributed by atoms with Crippen molar-refractivity contribution < 1.29 is 9.47 Å². The lowest BCUT2D eigenvalue weighted by atomic mass is 9.76. The zero-order valence-electron chi connectivity index (χ0n) is 9.90. The molecule has 0 aliphatic heterocycles. The summed E-state index contributed by atoms with van der Waals surface area (Å²) in [5.74, 6) is 2.23. The van der Waals surface area contributed by atoms with E-state index in [2.05, 4.69) is 12.1 Å². The van der Waals surface area contributed by atoms with E-state index in [1.54, 1.807) is 7.11 Å². The van der Waals surface area contributed by atoms with Gasteiger partial charge in [0.15, 0.2) is 11.5 Å². The first-order valence-corrected chi connectivity index (χ1v) is 5.81. The molecule has 0 spiro atoms. The SMILES string of the molecule is CCOc1cc(C2CC(N)C2)ccc1OC. The molecule has 0 atom stereocenters. The van der Waals surface area contributed by atoms with E-state index in [0.717, 1.165) is 24.3 Å². The van der Waals surface area contributed by atoms with Crippen LogP contribution in [-0.2, 0) is 0 Å². The van der Waals surface area contributed by atoms with Crippen molar-refractivity contribution in [1.29, 1.82) is 0 Å². The van der Waals surface area contributed by atoms with Gasteiger partial charge in [0.25, 0.3) is 0 Å². The summed E-state index contributed by atoms with van der Waals surface area (Å²) in [5.41, 5.74) is 7.11. The van der Waals surface area contributed by atoms with Crippen molar-refractivity contribution in [2.45, 2.75) is 31.7 Å². The molecule has 1 fully saturated rings. The molecule has 1 aromatic carbocycles. The van der Waals surface area contributed by atoms with Crippen molar-refractivity contribution in [2.75, 3.05) is 13.7 Å². The quantitative estimate of drug-likeness (QED) is 0.848. The summed E-state index contributed by atoms with van der Waals surface area (Å²) in [7, 11) is 1.66. The molecule has 16 heavy (non-hydrogen) atoms. The summed E-state index contributed by atoms with van der Waals surface area (Å²) < 4.78 is 10.8. The molecule has 0 saturated heterocycles. The Balaban J connectivity index is 2.17. The predicted molar refractivity (Wildman–Crippen MR) is 64.1 cm³/mol. The second-order valence-electron chi connectivity index (χ2n) is 4.27. The Morgan fingerprint density at radius 3 is 2.62 bits per heavy atom. The van der Waals surface area contributed by atoms with E-state index in [-0.39, 0.29) is 0 Å². The van der Waals surface area contributed by atoms with Gasteiger partial charge in [0.05, 0.1) is 13.7 Å². The van der Waals surface area contributed by atoms with Crippen LogP contribution in [-0.4, -0.2) is 19.8 Å². The lowest BCUT2D eigenvalue weighted by molar-refractivity contribution is 0.307. The summed E-state index contributed by atoms with van der Waals surface area (Å²) in [5, 5.41) is 0. The molecule has 2 rings (SSSR count). The molecule has 1 aromatic rings. The number of hydrogen-bond donors (Lipinski definition) is 1. The summed E-state index contributed by atoms with van der Waals surface area (Å²) in [4.78, 5) is 0. The molecule has 0 unspecified atom stereocenters. The fourth-order valence-corrected chi connectivity index (χ4v) is 2.15. The lowest BCUT2D eigenvalue weighted by Crippen LogP contribution is -2.34. The van der Waals surface area contributed by atoms with Crippen LogP contribution in [0.5, 0.6) is 11.5 Å². The Bertz CT molecular complexity index is 359. The molecule has 3 heteroatoms. The van der Waals surface area contributed by atoms with Crippen molar-refractivity contribution >= 4 is 0 Å². The summed E-state index contributed by atoms with van der Waals surface area (Å²) in [6.07, 6.45) is 2.16. The number of rotatable bonds is 4. The van der Waals surface area contributed by atoms with E-state index in [1.807, 2.05) is 13.0 Å². The van der Waals surface area contributed by atoms with Crippen LogP contribution >= 0.6 is 0 Å². The molecule has 88 valence electrons. The first kappa shape index (κ1) is 11.3. The van der Waals surface area contributed by atoms with Crippen LogP contribution in [0.2, 0.25) is 0 Å². The maximum Gasteiger partial charge on any atom is 0.161 e. The predicted octanol–water partition coefficient (Wildman–Crippen LogP) is 2.30. The van der Waals surface area contributed by atoms with Gasteiger partial charge >= 0.3 is 0 Å². The largest absolute Gasteiger partial charge is 0.493 e. The normalized spacial score (nSPS) is 23.7. The van der Waals surface area contributed by atoms with E-state index in [9.17, 15) is 0 Å². The zero-order chi connectivity index (χ0) is 11.5. The topological polar surface area (TPSA) is 44.5 Å². The minimum absolute atomic E-state index is 0.377. The standard InChI is InChI=1S/C13H19NO2/c1-3-16-13-8-9(4-5-12(13)15-2)10-6-11(14)7-10/h4-5,8,10-11H,3,6-7,14H2,1-2H3. The minimum Gasteiger partial charge on any atom is -0.493 e. The molecule has 1 aliphatic carbocycles. The molecular formula is C13H19NO2. The molecule has 2 N–H and O–H groups in total. The summed E-state index contributed by atoms with van der Waals surface area (Å²) >= 11 is 0. The van der Waals surface area contributed by atoms with E-state index in [1.165, 1.54) is 5.56 Å². The van der Waals surface area contributed by atoms with Gasteiger partial charge in [-0.1, -0.05) is 6.07 Å². The smallest absolute Gasteiger partial charge is 0.161 e. The van der Waals surface area contributed by atoms with Crippen LogP contribution in [0.4, 0.5) is 0 Å². The number of hydrogen-bond acceptors (Lipinski definition) is 3.